The number of aryl methyl sites for hydroxylation is 5. The van der Waals surface area contributed by atoms with Crippen molar-refractivity contribution in [3.05, 3.63) is 111 Å². The van der Waals surface area contributed by atoms with E-state index in [0.29, 0.717) is 48.8 Å². The van der Waals surface area contributed by atoms with Crippen LogP contribution >= 0.6 is 22.9 Å². The topological polar surface area (TPSA) is 97.0 Å². The highest BCUT2D eigenvalue weighted by Crippen LogP contribution is 2.46. The van der Waals surface area contributed by atoms with Gasteiger partial charge in [0.25, 0.3) is 5.91 Å². The van der Waals surface area contributed by atoms with Crippen LogP contribution in [-0.4, -0.2) is 44.6 Å². The number of pyridine rings is 2. The number of amides is 1. The zero-order valence-corrected chi connectivity index (χ0v) is 29.2. The quantitative estimate of drug-likeness (QED) is 0.170. The lowest BCUT2D eigenvalue weighted by atomic mass is 9.94. The Labute approximate surface area is 293 Å². The van der Waals surface area contributed by atoms with E-state index in [-0.39, 0.29) is 11.7 Å². The molecule has 0 bridgehead atoms. The highest BCUT2D eigenvalue weighted by Gasteiger charge is 2.36. The Morgan fingerprint density at radius 3 is 2.57 bits per heavy atom. The van der Waals surface area contributed by atoms with Gasteiger partial charge in [0.15, 0.2) is 0 Å². The standard InChI is InChI=1S/C29H27FN6O2S.C9H9Cl/c1-4-13-36-15-21-24(29(36)37)25(22-14-18-11-12-32-27(31-3)26(18)39-22)23(28-35-34-16(2)38-28)20(33-21)10-7-17-5-8-19(30)9-6-17;10-9-5-4-7-2-1-3-8(7)6-9/h5-6,8-9,11-12,14H,4,7,10,13,15H2,1-3H3,(H,31,32);4-6H,1-3H2. The molecule has 1 aliphatic carbocycles. The average molecular weight is 695 g/mol. The van der Waals surface area contributed by atoms with Crippen molar-refractivity contribution >= 4 is 44.7 Å². The molecule has 0 saturated carbocycles. The van der Waals surface area contributed by atoms with Gasteiger partial charge in [0.1, 0.15) is 11.6 Å². The second-order valence-corrected chi connectivity index (χ2v) is 13.8. The Morgan fingerprint density at radius 1 is 1.00 bits per heavy atom. The number of halogens is 2. The van der Waals surface area contributed by atoms with E-state index >= 15 is 0 Å². The molecule has 1 amide bonds. The Bertz CT molecular complexity index is 2160. The number of benzene rings is 2. The van der Waals surface area contributed by atoms with Crippen molar-refractivity contribution in [1.82, 2.24) is 25.1 Å². The number of aromatic nitrogens is 4. The van der Waals surface area contributed by atoms with Gasteiger partial charge in [-0.15, -0.1) is 21.5 Å². The van der Waals surface area contributed by atoms with Crippen LogP contribution in [0.2, 0.25) is 5.02 Å². The van der Waals surface area contributed by atoms with Crippen LogP contribution in [-0.2, 0) is 32.2 Å². The van der Waals surface area contributed by atoms with E-state index in [1.165, 1.54) is 42.5 Å². The van der Waals surface area contributed by atoms with Crippen LogP contribution in [0.4, 0.5) is 10.2 Å². The van der Waals surface area contributed by atoms with Crippen LogP contribution in [0.15, 0.2) is 65.2 Å². The smallest absolute Gasteiger partial charge is 0.256 e. The minimum Gasteiger partial charge on any atom is -0.421 e. The SMILES string of the molecule is CCCN1Cc2nc(CCc3ccc(F)cc3)c(-c3nnc(C)o3)c(-c3cc4ccnc(NC)c4s3)c2C1=O.Clc1ccc2c(c1)CCC2. The largest absolute Gasteiger partial charge is 0.421 e. The van der Waals surface area contributed by atoms with E-state index in [0.717, 1.165) is 54.7 Å². The number of fused-ring (bicyclic) bond motifs is 3. The number of carbonyl (C=O) groups is 1. The van der Waals surface area contributed by atoms with Gasteiger partial charge in [-0.1, -0.05) is 36.7 Å². The van der Waals surface area contributed by atoms with E-state index in [2.05, 4.69) is 45.6 Å². The predicted molar refractivity (Wildman–Crippen MR) is 193 cm³/mol. The van der Waals surface area contributed by atoms with E-state index in [4.69, 9.17) is 21.0 Å². The summed E-state index contributed by atoms with van der Waals surface area (Å²) in [5.74, 6) is 1.23. The minimum atomic E-state index is -0.270. The maximum absolute atomic E-state index is 13.8. The molecule has 1 aliphatic heterocycles. The van der Waals surface area contributed by atoms with Crippen molar-refractivity contribution in [2.45, 2.75) is 58.9 Å². The molecule has 0 fully saturated rings. The minimum absolute atomic E-state index is 0.0404. The van der Waals surface area contributed by atoms with Crippen molar-refractivity contribution in [2.75, 3.05) is 18.9 Å². The molecule has 11 heteroatoms. The monoisotopic (exact) mass is 694 g/mol. The van der Waals surface area contributed by atoms with E-state index < -0.39 is 0 Å². The number of nitrogens with zero attached hydrogens (tertiary/aromatic N) is 5. The van der Waals surface area contributed by atoms with Crippen molar-refractivity contribution < 1.29 is 13.6 Å². The molecule has 2 aromatic carbocycles. The van der Waals surface area contributed by atoms with E-state index in [1.807, 2.05) is 24.1 Å². The van der Waals surface area contributed by atoms with Crippen molar-refractivity contribution in [3.63, 3.8) is 0 Å². The van der Waals surface area contributed by atoms with Crippen molar-refractivity contribution in [2.24, 2.45) is 0 Å². The molecule has 1 N–H and O–H groups in total. The number of nitrogens with one attached hydrogen (secondary N) is 1. The molecule has 2 aliphatic rings. The van der Waals surface area contributed by atoms with Gasteiger partial charge in [-0.2, -0.15) is 0 Å². The summed E-state index contributed by atoms with van der Waals surface area (Å²) in [6.45, 7) is 4.90. The molecule has 0 spiro atoms. The zero-order valence-electron chi connectivity index (χ0n) is 27.6. The summed E-state index contributed by atoms with van der Waals surface area (Å²) in [6, 6.07) is 16.8. The van der Waals surface area contributed by atoms with Gasteiger partial charge in [0.2, 0.25) is 11.8 Å². The van der Waals surface area contributed by atoms with Gasteiger partial charge >= 0.3 is 0 Å². The Hall–Kier alpha value is -4.67. The molecule has 250 valence electrons. The Balaban J connectivity index is 0.000000322. The number of carbonyl (C=O) groups excluding carboxylic acids is 1. The summed E-state index contributed by atoms with van der Waals surface area (Å²) in [5, 5.41) is 13.5. The highest BCUT2D eigenvalue weighted by molar-refractivity contribution is 7.23. The number of hydrogen-bond acceptors (Lipinski definition) is 8. The number of hydrogen-bond donors (Lipinski definition) is 1. The first kappa shape index (κ1) is 32.9. The summed E-state index contributed by atoms with van der Waals surface area (Å²) in [7, 11) is 1.84. The third-order valence-corrected chi connectivity index (χ3v) is 10.4. The van der Waals surface area contributed by atoms with E-state index in [9.17, 15) is 9.18 Å². The molecular formula is C38H36ClFN6O2S. The summed E-state index contributed by atoms with van der Waals surface area (Å²) in [5.41, 5.74) is 7.48. The number of anilines is 1. The van der Waals surface area contributed by atoms with Crippen molar-refractivity contribution in [1.29, 1.82) is 0 Å². The van der Waals surface area contributed by atoms with Crippen LogP contribution in [0.5, 0.6) is 0 Å². The van der Waals surface area contributed by atoms with Crippen LogP contribution in [0.25, 0.3) is 32.0 Å². The molecular weight excluding hydrogens is 659 g/mol. The van der Waals surface area contributed by atoms with E-state index in [1.54, 1.807) is 36.6 Å². The van der Waals surface area contributed by atoms with Crippen LogP contribution in [0, 0.1) is 12.7 Å². The fourth-order valence-electron chi connectivity index (χ4n) is 6.67. The third-order valence-electron chi connectivity index (χ3n) is 8.96. The first-order valence-electron chi connectivity index (χ1n) is 16.6. The molecule has 8 rings (SSSR count). The Morgan fingerprint density at radius 2 is 1.82 bits per heavy atom. The molecule has 0 atom stereocenters. The summed E-state index contributed by atoms with van der Waals surface area (Å²) in [6.07, 6.45) is 7.57. The molecule has 5 heterocycles. The lowest BCUT2D eigenvalue weighted by Gasteiger charge is -2.15. The van der Waals surface area contributed by atoms with Crippen LogP contribution in [0.1, 0.15) is 64.1 Å². The van der Waals surface area contributed by atoms with Crippen LogP contribution < -0.4 is 5.32 Å². The van der Waals surface area contributed by atoms with Gasteiger partial charge in [-0.05, 0) is 97.0 Å². The first-order valence-corrected chi connectivity index (χ1v) is 17.8. The first-order chi connectivity index (χ1) is 23.8. The zero-order chi connectivity index (χ0) is 34.1. The lowest BCUT2D eigenvalue weighted by Crippen LogP contribution is -2.24. The normalized spacial score (nSPS) is 13.4. The second-order valence-electron chi connectivity index (χ2n) is 12.3. The van der Waals surface area contributed by atoms with Crippen LogP contribution in [0.3, 0.4) is 0 Å². The average Bonchev–Trinajstić information content (AvgIpc) is 3.91. The predicted octanol–water partition coefficient (Wildman–Crippen LogP) is 8.88. The lowest BCUT2D eigenvalue weighted by molar-refractivity contribution is 0.0778. The summed E-state index contributed by atoms with van der Waals surface area (Å²) >= 11 is 7.39. The van der Waals surface area contributed by atoms with Gasteiger partial charge in [-0.25, -0.2) is 9.37 Å². The second kappa shape index (κ2) is 14.1. The summed E-state index contributed by atoms with van der Waals surface area (Å²) in [4.78, 5) is 26.1. The summed E-state index contributed by atoms with van der Waals surface area (Å²) < 4.78 is 20.5. The molecule has 49 heavy (non-hydrogen) atoms. The molecule has 0 saturated heterocycles. The van der Waals surface area contributed by atoms with Gasteiger partial charge < -0.3 is 14.6 Å². The maximum Gasteiger partial charge on any atom is 0.256 e. The highest BCUT2D eigenvalue weighted by atomic mass is 35.5. The van der Waals surface area contributed by atoms with Gasteiger partial charge in [0, 0.05) is 42.2 Å². The van der Waals surface area contributed by atoms with Gasteiger partial charge in [-0.3, -0.25) is 9.78 Å². The molecule has 4 aromatic heterocycles. The fraction of sp³-hybridized carbons (Fsp3) is 0.289. The molecule has 0 radical (unpaired) electrons. The molecule has 8 nitrogen and oxygen atoms in total. The molecule has 6 aromatic rings. The number of rotatable bonds is 8. The van der Waals surface area contributed by atoms with Gasteiger partial charge in [0.05, 0.1) is 33.8 Å². The fourth-order valence-corrected chi connectivity index (χ4v) is 8.07. The van der Waals surface area contributed by atoms with Crippen molar-refractivity contribution in [3.8, 4) is 21.9 Å². The number of thiophene rings is 1. The Kier molecular flexibility index (Phi) is 9.42. The maximum atomic E-state index is 13.8. The third kappa shape index (κ3) is 6.67. The molecule has 0 unspecified atom stereocenters.